The molecule has 1 aliphatic rings. The van der Waals surface area contributed by atoms with E-state index in [0.717, 1.165) is 0 Å². The Hall–Kier alpha value is -2.09. The molecular weight excluding hydrogens is 286 g/mol. The minimum atomic E-state index is -1.31. The Labute approximate surface area is 119 Å². The molecule has 114 valence electrons. The zero-order valence-electron chi connectivity index (χ0n) is 11.1. The fraction of sp³-hybridized carbons (Fsp3) is 0.462. The lowest BCUT2D eigenvalue weighted by molar-refractivity contribution is -0.387. The zero-order chi connectivity index (χ0) is 15.6. The Morgan fingerprint density at radius 3 is 2.76 bits per heavy atom. The molecule has 1 unspecified atom stereocenters. The van der Waals surface area contributed by atoms with Crippen LogP contribution in [-0.4, -0.2) is 40.5 Å². The summed E-state index contributed by atoms with van der Waals surface area (Å²) in [6, 6.07) is 0.985. The highest BCUT2D eigenvalue weighted by atomic mass is 19.1. The molecule has 0 saturated carbocycles. The van der Waals surface area contributed by atoms with Crippen LogP contribution in [0.3, 0.4) is 0 Å². The molecule has 8 heteroatoms. The number of nitro groups is 1. The molecule has 1 N–H and O–H groups in total. The van der Waals surface area contributed by atoms with E-state index in [1.807, 2.05) is 0 Å². The van der Waals surface area contributed by atoms with Crippen LogP contribution < -0.4 is 0 Å². The molecule has 1 amide bonds. The summed E-state index contributed by atoms with van der Waals surface area (Å²) in [5, 5.41) is 19.5. The van der Waals surface area contributed by atoms with Crippen LogP contribution in [0.4, 0.5) is 14.5 Å². The Kier molecular flexibility index (Phi) is 4.46. The minimum absolute atomic E-state index is 0.00305. The standard InChI is InChI=1S/C13H14F2N2O4/c14-10-6-11(15)12(17(20)21)5-9(10)13(19)16-3-1-8(7-16)2-4-18/h5-6,8,18H,1-4,7H2. The van der Waals surface area contributed by atoms with E-state index in [1.54, 1.807) is 0 Å². The van der Waals surface area contributed by atoms with Crippen LogP contribution in [0.2, 0.25) is 0 Å². The van der Waals surface area contributed by atoms with Crippen LogP contribution in [0.15, 0.2) is 12.1 Å². The van der Waals surface area contributed by atoms with Crippen molar-refractivity contribution in [3.05, 3.63) is 39.4 Å². The van der Waals surface area contributed by atoms with Crippen LogP contribution >= 0.6 is 0 Å². The number of halogens is 2. The van der Waals surface area contributed by atoms with Gasteiger partial charge in [0.25, 0.3) is 5.91 Å². The number of nitrogens with zero attached hydrogens (tertiary/aromatic N) is 2. The lowest BCUT2D eigenvalue weighted by Gasteiger charge is -2.16. The van der Waals surface area contributed by atoms with Gasteiger partial charge in [-0.2, -0.15) is 4.39 Å². The van der Waals surface area contributed by atoms with Crippen molar-refractivity contribution < 1.29 is 23.6 Å². The number of carbonyl (C=O) groups is 1. The fourth-order valence-electron chi connectivity index (χ4n) is 2.45. The van der Waals surface area contributed by atoms with E-state index in [1.165, 1.54) is 4.90 Å². The SMILES string of the molecule is O=C(c1cc([N+](=O)[O-])c(F)cc1F)N1CCC(CCO)C1. The summed E-state index contributed by atoms with van der Waals surface area (Å²) < 4.78 is 26.9. The number of hydrogen-bond acceptors (Lipinski definition) is 4. The number of nitro benzene ring substituents is 1. The number of carbonyl (C=O) groups excluding carboxylic acids is 1. The van der Waals surface area contributed by atoms with Crippen LogP contribution in [0.25, 0.3) is 0 Å². The smallest absolute Gasteiger partial charge is 0.305 e. The highest BCUT2D eigenvalue weighted by Crippen LogP contribution is 2.26. The van der Waals surface area contributed by atoms with Gasteiger partial charge in [-0.05, 0) is 18.8 Å². The molecule has 2 rings (SSSR count). The van der Waals surface area contributed by atoms with E-state index in [-0.39, 0.29) is 12.5 Å². The lowest BCUT2D eigenvalue weighted by Crippen LogP contribution is -2.29. The second-order valence-electron chi connectivity index (χ2n) is 4.96. The first kappa shape index (κ1) is 15.3. The van der Waals surface area contributed by atoms with E-state index in [2.05, 4.69) is 0 Å². The third-order valence-electron chi connectivity index (χ3n) is 3.57. The van der Waals surface area contributed by atoms with Crippen LogP contribution in [0.5, 0.6) is 0 Å². The lowest BCUT2D eigenvalue weighted by atomic mass is 10.1. The van der Waals surface area contributed by atoms with E-state index in [4.69, 9.17) is 5.11 Å². The summed E-state index contributed by atoms with van der Waals surface area (Å²) in [6.07, 6.45) is 1.22. The third-order valence-corrected chi connectivity index (χ3v) is 3.57. The molecule has 1 atom stereocenters. The number of amides is 1. The summed E-state index contributed by atoms with van der Waals surface area (Å²) in [5.41, 5.74) is -1.43. The predicted octanol–water partition coefficient (Wildman–Crippen LogP) is 1.72. The molecule has 0 radical (unpaired) electrons. The van der Waals surface area contributed by atoms with Crippen molar-refractivity contribution in [3.63, 3.8) is 0 Å². The van der Waals surface area contributed by atoms with Gasteiger partial charge in [-0.3, -0.25) is 14.9 Å². The normalized spacial score (nSPS) is 18.0. The Balaban J connectivity index is 2.24. The fourth-order valence-corrected chi connectivity index (χ4v) is 2.45. The molecule has 1 aromatic rings. The second kappa shape index (κ2) is 6.13. The van der Waals surface area contributed by atoms with Gasteiger partial charge in [0.05, 0.1) is 10.5 Å². The highest BCUT2D eigenvalue weighted by Gasteiger charge is 2.30. The molecule has 0 bridgehead atoms. The van der Waals surface area contributed by atoms with Gasteiger partial charge in [0.2, 0.25) is 5.82 Å². The average molecular weight is 300 g/mol. The predicted molar refractivity (Wildman–Crippen MR) is 68.7 cm³/mol. The Morgan fingerprint density at radius 1 is 1.43 bits per heavy atom. The molecule has 0 aliphatic carbocycles. The second-order valence-corrected chi connectivity index (χ2v) is 4.96. The van der Waals surface area contributed by atoms with Crippen molar-refractivity contribution in [1.29, 1.82) is 0 Å². The van der Waals surface area contributed by atoms with Crippen LogP contribution in [0.1, 0.15) is 23.2 Å². The largest absolute Gasteiger partial charge is 0.396 e. The van der Waals surface area contributed by atoms with Gasteiger partial charge < -0.3 is 10.0 Å². The maximum Gasteiger partial charge on any atom is 0.305 e. The van der Waals surface area contributed by atoms with Crippen molar-refractivity contribution in [2.24, 2.45) is 5.92 Å². The molecule has 1 heterocycles. The van der Waals surface area contributed by atoms with Gasteiger partial charge in [-0.25, -0.2) is 4.39 Å². The molecule has 1 aromatic carbocycles. The molecular formula is C13H14F2N2O4. The number of hydrogen-bond donors (Lipinski definition) is 1. The average Bonchev–Trinajstić information content (AvgIpc) is 2.86. The highest BCUT2D eigenvalue weighted by molar-refractivity contribution is 5.95. The molecule has 21 heavy (non-hydrogen) atoms. The maximum atomic E-state index is 13.7. The zero-order valence-corrected chi connectivity index (χ0v) is 11.1. The van der Waals surface area contributed by atoms with Crippen molar-refractivity contribution in [2.45, 2.75) is 12.8 Å². The number of aliphatic hydroxyl groups is 1. The van der Waals surface area contributed by atoms with E-state index >= 15 is 0 Å². The van der Waals surface area contributed by atoms with Crippen LogP contribution in [0, 0.1) is 27.7 Å². The van der Waals surface area contributed by atoms with Crippen LogP contribution in [-0.2, 0) is 0 Å². The van der Waals surface area contributed by atoms with E-state index in [9.17, 15) is 23.7 Å². The Morgan fingerprint density at radius 2 is 2.14 bits per heavy atom. The van der Waals surface area contributed by atoms with Crippen molar-refractivity contribution in [3.8, 4) is 0 Å². The first-order valence-electron chi connectivity index (χ1n) is 6.47. The molecule has 1 saturated heterocycles. The van der Waals surface area contributed by atoms with Gasteiger partial charge in [0, 0.05) is 31.8 Å². The van der Waals surface area contributed by atoms with Crippen molar-refractivity contribution >= 4 is 11.6 Å². The number of aliphatic hydroxyl groups excluding tert-OH is 1. The van der Waals surface area contributed by atoms with Gasteiger partial charge in [-0.1, -0.05) is 0 Å². The number of rotatable bonds is 4. The van der Waals surface area contributed by atoms with E-state index in [0.29, 0.717) is 38.1 Å². The molecule has 6 nitrogen and oxygen atoms in total. The first-order valence-corrected chi connectivity index (χ1v) is 6.47. The topological polar surface area (TPSA) is 83.7 Å². The van der Waals surface area contributed by atoms with Gasteiger partial charge in [0.15, 0.2) is 0 Å². The molecule has 1 aliphatic heterocycles. The quantitative estimate of drug-likeness (QED) is 0.678. The summed E-state index contributed by atoms with van der Waals surface area (Å²) in [5.74, 6) is -3.00. The summed E-state index contributed by atoms with van der Waals surface area (Å²) in [4.78, 5) is 23.2. The summed E-state index contributed by atoms with van der Waals surface area (Å²) in [7, 11) is 0. The molecule has 1 fully saturated rings. The molecule has 0 spiro atoms. The summed E-state index contributed by atoms with van der Waals surface area (Å²) in [6.45, 7) is 0.737. The summed E-state index contributed by atoms with van der Waals surface area (Å²) >= 11 is 0. The maximum absolute atomic E-state index is 13.7. The van der Waals surface area contributed by atoms with Crippen molar-refractivity contribution in [1.82, 2.24) is 4.90 Å². The van der Waals surface area contributed by atoms with Gasteiger partial charge in [0.1, 0.15) is 5.82 Å². The van der Waals surface area contributed by atoms with Gasteiger partial charge in [-0.15, -0.1) is 0 Å². The van der Waals surface area contributed by atoms with Gasteiger partial charge >= 0.3 is 5.69 Å². The van der Waals surface area contributed by atoms with Crippen molar-refractivity contribution in [2.75, 3.05) is 19.7 Å². The van der Waals surface area contributed by atoms with E-state index < -0.39 is 33.7 Å². The third kappa shape index (κ3) is 3.15. The number of benzene rings is 1. The Bertz CT molecular complexity index is 580. The minimum Gasteiger partial charge on any atom is -0.396 e. The monoisotopic (exact) mass is 300 g/mol. The molecule has 0 aromatic heterocycles. The first-order chi connectivity index (χ1) is 9.93. The number of likely N-dealkylation sites (tertiary alicyclic amines) is 1.